The van der Waals surface area contributed by atoms with E-state index in [4.69, 9.17) is 56.6 Å². The number of rotatable bonds is 4. The van der Waals surface area contributed by atoms with E-state index in [1.165, 1.54) is 0 Å². The van der Waals surface area contributed by atoms with Gasteiger partial charge in [-0.05, 0) is 35.4 Å². The summed E-state index contributed by atoms with van der Waals surface area (Å²) in [6.07, 6.45) is -12.2. The lowest BCUT2D eigenvalue weighted by Gasteiger charge is -2.38. The highest BCUT2D eigenvalue weighted by molar-refractivity contribution is 6.40. The molecule has 0 fully saturated rings. The summed E-state index contributed by atoms with van der Waals surface area (Å²) in [6.45, 7) is 0. The van der Waals surface area contributed by atoms with Gasteiger partial charge < -0.3 is 10.2 Å². The van der Waals surface area contributed by atoms with Crippen LogP contribution in [0.25, 0.3) is 0 Å². The van der Waals surface area contributed by atoms with Crippen LogP contribution in [-0.2, 0) is 5.41 Å². The van der Waals surface area contributed by atoms with Crippen molar-refractivity contribution >= 4 is 58.3 Å². The molecule has 0 heterocycles. The van der Waals surface area contributed by atoms with E-state index in [2.05, 4.69) is 0 Å². The molecule has 0 amide bonds. The summed E-state index contributed by atoms with van der Waals surface area (Å²) in [5.41, 5.74) is -9.83. The fourth-order valence-corrected chi connectivity index (χ4v) is 4.27. The molecule has 4 nitrogen and oxygen atoms in total. The zero-order valence-corrected chi connectivity index (χ0v) is 17.3. The second-order valence-electron chi connectivity index (χ2n) is 5.99. The third-order valence-corrected chi connectivity index (χ3v) is 5.42. The Kier molecular flexibility index (Phi) is 6.74. The molecule has 0 bridgehead atoms. The Morgan fingerprint density at radius 2 is 0.839 bits per heavy atom. The largest absolute Gasteiger partial charge is 0.478 e. The molecule has 0 atom stereocenters. The normalized spacial score (nSPS) is 12.7. The number of aromatic carboxylic acids is 2. The van der Waals surface area contributed by atoms with E-state index in [-0.39, 0.29) is 24.3 Å². The predicted molar refractivity (Wildman–Crippen MR) is 99.7 cm³/mol. The lowest BCUT2D eigenvalue weighted by molar-refractivity contribution is -0.288. The maximum Gasteiger partial charge on any atom is 0.411 e. The molecule has 2 aromatic carbocycles. The number of hydrogen-bond donors (Lipinski definition) is 2. The van der Waals surface area contributed by atoms with Gasteiger partial charge in [-0.15, -0.1) is 0 Å². The first-order chi connectivity index (χ1) is 14.0. The number of hydrogen-bond acceptors (Lipinski definition) is 2. The van der Waals surface area contributed by atoms with Crippen LogP contribution in [0.4, 0.5) is 26.3 Å². The molecule has 0 saturated carbocycles. The van der Waals surface area contributed by atoms with Crippen LogP contribution in [0.1, 0.15) is 31.8 Å². The van der Waals surface area contributed by atoms with E-state index in [9.17, 15) is 35.9 Å². The molecular weight excluding hydrogens is 524 g/mol. The maximum absolute atomic E-state index is 14.2. The summed E-state index contributed by atoms with van der Waals surface area (Å²) >= 11 is 22.5. The van der Waals surface area contributed by atoms with Gasteiger partial charge in [0.25, 0.3) is 0 Å². The lowest BCUT2D eigenvalue weighted by Crippen LogP contribution is -2.54. The van der Waals surface area contributed by atoms with Crippen LogP contribution in [0.2, 0.25) is 20.1 Å². The Labute approximate surface area is 188 Å². The molecule has 2 aromatic rings. The summed E-state index contributed by atoms with van der Waals surface area (Å²) in [5.74, 6) is -3.58. The van der Waals surface area contributed by atoms with Crippen molar-refractivity contribution in [2.24, 2.45) is 0 Å². The summed E-state index contributed by atoms with van der Waals surface area (Å²) in [5, 5.41) is 14.1. The summed E-state index contributed by atoms with van der Waals surface area (Å²) in [6, 6.07) is 0.630. The van der Waals surface area contributed by atoms with Gasteiger partial charge in [-0.3, -0.25) is 0 Å². The Bertz CT molecular complexity index is 950. The molecule has 2 rings (SSSR count). The third-order valence-electron chi connectivity index (χ3n) is 4.23. The molecule has 0 aliphatic rings. The van der Waals surface area contributed by atoms with Crippen LogP contribution in [0.15, 0.2) is 24.3 Å². The standard InChI is InChI=1S/C17H6Cl4F6O4/c18-7-1-5(2-8(19)11(7)13(28)29)15(16(22,23)24,17(25,26)27)6-3-9(20)12(14(30)31)10(21)4-6/h1-4H,(H,28,29)(H,30,31). The summed E-state index contributed by atoms with van der Waals surface area (Å²) in [4.78, 5) is 22.3. The minimum atomic E-state index is -6.11. The molecule has 0 aliphatic carbocycles. The third kappa shape index (κ3) is 4.13. The minimum Gasteiger partial charge on any atom is -0.478 e. The molecule has 0 radical (unpaired) electrons. The van der Waals surface area contributed by atoms with Crippen molar-refractivity contribution in [2.75, 3.05) is 0 Å². The molecule has 0 unspecified atom stereocenters. The first kappa shape index (κ1) is 25.4. The van der Waals surface area contributed by atoms with Gasteiger partial charge in [0.1, 0.15) is 0 Å². The van der Waals surface area contributed by atoms with Crippen molar-refractivity contribution in [1.29, 1.82) is 0 Å². The van der Waals surface area contributed by atoms with Gasteiger partial charge in [0, 0.05) is 0 Å². The van der Waals surface area contributed by atoms with E-state index in [1.807, 2.05) is 0 Å². The second-order valence-corrected chi connectivity index (χ2v) is 7.61. The number of benzene rings is 2. The van der Waals surface area contributed by atoms with Crippen LogP contribution in [0.5, 0.6) is 0 Å². The van der Waals surface area contributed by atoms with Crippen LogP contribution >= 0.6 is 46.4 Å². The lowest BCUT2D eigenvalue weighted by atomic mass is 9.72. The topological polar surface area (TPSA) is 74.6 Å². The van der Waals surface area contributed by atoms with E-state index in [1.54, 1.807) is 0 Å². The average molecular weight is 530 g/mol. The van der Waals surface area contributed by atoms with Crippen molar-refractivity contribution in [1.82, 2.24) is 0 Å². The molecular formula is C17H6Cl4F6O4. The van der Waals surface area contributed by atoms with Crippen molar-refractivity contribution < 1.29 is 46.1 Å². The summed E-state index contributed by atoms with van der Waals surface area (Å²) in [7, 11) is 0. The molecule has 0 saturated heterocycles. The highest BCUT2D eigenvalue weighted by atomic mass is 35.5. The van der Waals surface area contributed by atoms with E-state index >= 15 is 0 Å². The second kappa shape index (κ2) is 8.23. The highest BCUT2D eigenvalue weighted by Gasteiger charge is 2.73. The van der Waals surface area contributed by atoms with Crippen LogP contribution in [-0.4, -0.2) is 34.5 Å². The molecule has 0 spiro atoms. The van der Waals surface area contributed by atoms with Crippen molar-refractivity contribution in [3.8, 4) is 0 Å². The van der Waals surface area contributed by atoms with Crippen molar-refractivity contribution in [2.45, 2.75) is 17.8 Å². The van der Waals surface area contributed by atoms with Crippen LogP contribution in [0, 0.1) is 0 Å². The zero-order valence-electron chi connectivity index (χ0n) is 14.3. The first-order valence-corrected chi connectivity index (χ1v) is 9.07. The Balaban J connectivity index is 3.08. The zero-order chi connectivity index (χ0) is 24.1. The number of alkyl halides is 6. The smallest absolute Gasteiger partial charge is 0.411 e. The van der Waals surface area contributed by atoms with E-state index < -0.39 is 72.1 Å². The molecule has 31 heavy (non-hydrogen) atoms. The summed E-state index contributed by atoms with van der Waals surface area (Å²) < 4.78 is 85.0. The average Bonchev–Trinajstić information content (AvgIpc) is 2.50. The SMILES string of the molecule is O=C(O)c1c(Cl)cc(C(c2cc(Cl)c(C(=O)O)c(Cl)c2)(C(F)(F)F)C(F)(F)F)cc1Cl. The quantitative estimate of drug-likeness (QED) is 0.414. The Morgan fingerprint density at radius 1 is 0.613 bits per heavy atom. The number of carbonyl (C=O) groups is 2. The van der Waals surface area contributed by atoms with Gasteiger partial charge in [0.05, 0.1) is 31.2 Å². The molecule has 0 aliphatic heterocycles. The molecule has 168 valence electrons. The van der Waals surface area contributed by atoms with Gasteiger partial charge in [-0.1, -0.05) is 46.4 Å². The van der Waals surface area contributed by atoms with Crippen LogP contribution < -0.4 is 0 Å². The number of carboxylic acid groups (broad SMARTS) is 2. The predicted octanol–water partition coefficient (Wildman–Crippen LogP) is 7.11. The van der Waals surface area contributed by atoms with Gasteiger partial charge in [-0.25, -0.2) is 9.59 Å². The Morgan fingerprint density at radius 3 is 1.00 bits per heavy atom. The molecule has 0 aromatic heterocycles. The van der Waals surface area contributed by atoms with Gasteiger partial charge in [-0.2, -0.15) is 26.3 Å². The highest BCUT2D eigenvalue weighted by Crippen LogP contribution is 2.57. The minimum absolute atomic E-state index is 0.158. The molecule has 14 heteroatoms. The monoisotopic (exact) mass is 528 g/mol. The van der Waals surface area contributed by atoms with Gasteiger partial charge in [0.2, 0.25) is 5.41 Å². The maximum atomic E-state index is 14.2. The fourth-order valence-electron chi connectivity index (χ4n) is 2.97. The fraction of sp³-hybridized carbons (Fsp3) is 0.176. The first-order valence-electron chi connectivity index (χ1n) is 7.55. The molecule has 2 N–H and O–H groups in total. The van der Waals surface area contributed by atoms with E-state index in [0.29, 0.717) is 0 Å². The number of halogens is 10. The number of carboxylic acids is 2. The van der Waals surface area contributed by atoms with Crippen molar-refractivity contribution in [3.05, 3.63) is 66.6 Å². The van der Waals surface area contributed by atoms with Gasteiger partial charge >= 0.3 is 24.3 Å². The van der Waals surface area contributed by atoms with Gasteiger partial charge in [0.15, 0.2) is 0 Å². The van der Waals surface area contributed by atoms with E-state index in [0.717, 1.165) is 0 Å². The Hall–Kier alpha value is -1.88. The van der Waals surface area contributed by atoms with Crippen molar-refractivity contribution in [3.63, 3.8) is 0 Å². The van der Waals surface area contributed by atoms with Crippen LogP contribution in [0.3, 0.4) is 0 Å².